The van der Waals surface area contributed by atoms with Gasteiger partial charge in [-0.3, -0.25) is 4.90 Å². The lowest BCUT2D eigenvalue weighted by Crippen LogP contribution is -2.33. The van der Waals surface area contributed by atoms with Gasteiger partial charge >= 0.3 is 0 Å². The number of aromatic hydroxyl groups is 1. The molecule has 0 saturated carbocycles. The van der Waals surface area contributed by atoms with Gasteiger partial charge in [0, 0.05) is 12.6 Å². The number of hydrogen-bond donors (Lipinski definition) is 1. The Morgan fingerprint density at radius 3 is 2.54 bits per heavy atom. The first-order valence-corrected chi connectivity index (χ1v) is 8.27. The Morgan fingerprint density at radius 2 is 1.88 bits per heavy atom. The summed E-state index contributed by atoms with van der Waals surface area (Å²) in [6.07, 6.45) is 1.89. The third-order valence-electron chi connectivity index (χ3n) is 4.95. The van der Waals surface area contributed by atoms with Crippen molar-refractivity contribution in [3.63, 3.8) is 0 Å². The predicted molar refractivity (Wildman–Crippen MR) is 95.2 cm³/mol. The lowest BCUT2D eigenvalue weighted by Gasteiger charge is -2.35. The molecule has 0 radical (unpaired) electrons. The third kappa shape index (κ3) is 3.06. The maximum Gasteiger partial charge on any atom is 0.160 e. The highest BCUT2D eigenvalue weighted by molar-refractivity contribution is 5.46. The van der Waals surface area contributed by atoms with Crippen molar-refractivity contribution in [3.05, 3.63) is 52.6 Å². The van der Waals surface area contributed by atoms with E-state index in [0.29, 0.717) is 11.8 Å². The topological polar surface area (TPSA) is 41.9 Å². The molecule has 4 heteroatoms. The molecule has 24 heavy (non-hydrogen) atoms. The minimum Gasteiger partial charge on any atom is -0.504 e. The van der Waals surface area contributed by atoms with Gasteiger partial charge in [-0.2, -0.15) is 0 Å². The molecule has 0 amide bonds. The van der Waals surface area contributed by atoms with Gasteiger partial charge in [0.25, 0.3) is 0 Å². The summed E-state index contributed by atoms with van der Waals surface area (Å²) < 4.78 is 10.6. The molecule has 0 spiro atoms. The number of rotatable bonds is 4. The lowest BCUT2D eigenvalue weighted by molar-refractivity contribution is 0.228. The summed E-state index contributed by atoms with van der Waals surface area (Å²) in [5, 5.41) is 10.0. The lowest BCUT2D eigenvalue weighted by atomic mass is 9.87. The molecule has 2 aromatic rings. The van der Waals surface area contributed by atoms with E-state index < -0.39 is 0 Å². The van der Waals surface area contributed by atoms with Crippen LogP contribution in [0.1, 0.15) is 28.3 Å². The zero-order chi connectivity index (χ0) is 17.3. The summed E-state index contributed by atoms with van der Waals surface area (Å²) in [6, 6.07) is 10.4. The molecule has 1 aliphatic heterocycles. The molecule has 1 aliphatic rings. The fraction of sp³-hybridized carbons (Fsp3) is 0.400. The summed E-state index contributed by atoms with van der Waals surface area (Å²) in [5.74, 6) is 1.66. The van der Waals surface area contributed by atoms with Crippen molar-refractivity contribution in [2.45, 2.75) is 25.8 Å². The Bertz CT molecular complexity index is 742. The van der Waals surface area contributed by atoms with Gasteiger partial charge < -0.3 is 14.6 Å². The molecule has 0 fully saturated rings. The van der Waals surface area contributed by atoms with Crippen LogP contribution >= 0.6 is 0 Å². The Balaban J connectivity index is 1.94. The molecule has 0 aliphatic carbocycles. The minimum atomic E-state index is 0.194. The van der Waals surface area contributed by atoms with Crippen molar-refractivity contribution in [2.75, 3.05) is 27.8 Å². The molecule has 0 bridgehead atoms. The molecule has 1 atom stereocenters. The zero-order valence-corrected chi connectivity index (χ0v) is 14.8. The van der Waals surface area contributed by atoms with Crippen LogP contribution in [-0.2, 0) is 12.8 Å². The minimum absolute atomic E-state index is 0.194. The summed E-state index contributed by atoms with van der Waals surface area (Å²) in [4.78, 5) is 2.38. The summed E-state index contributed by atoms with van der Waals surface area (Å²) in [5.41, 5.74) is 4.98. The molecule has 0 aromatic heterocycles. The normalized spacial score (nSPS) is 17.4. The fourth-order valence-corrected chi connectivity index (χ4v) is 3.54. The van der Waals surface area contributed by atoms with Crippen molar-refractivity contribution < 1.29 is 14.6 Å². The molecular formula is C20H25NO3. The number of phenols is 1. The Labute approximate surface area is 143 Å². The van der Waals surface area contributed by atoms with Crippen LogP contribution in [0.4, 0.5) is 0 Å². The maximum absolute atomic E-state index is 10.0. The SMILES string of the molecule is COc1cc2c(cc1C)[C@@H](Cc1ccc(OC)c(O)c1)N(C)CC2. The van der Waals surface area contributed by atoms with Gasteiger partial charge in [0.1, 0.15) is 5.75 Å². The fourth-order valence-electron chi connectivity index (χ4n) is 3.54. The first kappa shape index (κ1) is 16.7. The van der Waals surface area contributed by atoms with Gasteiger partial charge in [-0.05, 0) is 67.3 Å². The molecule has 2 aromatic carbocycles. The van der Waals surface area contributed by atoms with Crippen LogP contribution in [0, 0.1) is 6.92 Å². The van der Waals surface area contributed by atoms with Crippen molar-refractivity contribution in [3.8, 4) is 17.2 Å². The van der Waals surface area contributed by atoms with Gasteiger partial charge in [0.05, 0.1) is 14.2 Å². The number of fused-ring (bicyclic) bond motifs is 1. The number of methoxy groups -OCH3 is 2. The molecule has 1 heterocycles. The number of phenolic OH excluding ortho intramolecular Hbond substituents is 1. The highest BCUT2D eigenvalue weighted by Gasteiger charge is 2.26. The molecule has 0 saturated heterocycles. The zero-order valence-electron chi connectivity index (χ0n) is 14.8. The highest BCUT2D eigenvalue weighted by atomic mass is 16.5. The predicted octanol–water partition coefficient (Wildman–Crippen LogP) is 3.49. The van der Waals surface area contributed by atoms with E-state index in [2.05, 4.69) is 31.0 Å². The highest BCUT2D eigenvalue weighted by Crippen LogP contribution is 2.36. The molecule has 3 rings (SSSR count). The molecule has 0 unspecified atom stereocenters. The summed E-state index contributed by atoms with van der Waals surface area (Å²) >= 11 is 0. The van der Waals surface area contributed by atoms with E-state index >= 15 is 0 Å². The second-order valence-electron chi connectivity index (χ2n) is 6.48. The number of likely N-dealkylation sites (N-methyl/N-ethyl adjacent to an activating group) is 1. The van der Waals surface area contributed by atoms with E-state index in [9.17, 15) is 5.11 Å². The Hall–Kier alpha value is -2.20. The van der Waals surface area contributed by atoms with Gasteiger partial charge in [-0.15, -0.1) is 0 Å². The first-order valence-electron chi connectivity index (χ1n) is 8.27. The van der Waals surface area contributed by atoms with Crippen LogP contribution < -0.4 is 9.47 Å². The van der Waals surface area contributed by atoms with Gasteiger partial charge in [-0.1, -0.05) is 12.1 Å². The number of hydrogen-bond acceptors (Lipinski definition) is 4. The van der Waals surface area contributed by atoms with E-state index in [1.54, 1.807) is 20.3 Å². The van der Waals surface area contributed by atoms with Gasteiger partial charge in [0.15, 0.2) is 11.5 Å². The monoisotopic (exact) mass is 327 g/mol. The van der Waals surface area contributed by atoms with E-state index in [1.807, 2.05) is 12.1 Å². The molecule has 1 N–H and O–H groups in total. The standard InChI is InChI=1S/C20H25NO3/c1-13-9-16-15(12-20(13)24-4)7-8-21(2)17(16)10-14-5-6-19(23-3)18(22)11-14/h5-6,9,11-12,17,22H,7-8,10H2,1-4H3/t17-/m1/s1. The van der Waals surface area contributed by atoms with E-state index in [0.717, 1.165) is 36.3 Å². The largest absolute Gasteiger partial charge is 0.504 e. The Morgan fingerprint density at radius 1 is 1.12 bits per heavy atom. The second-order valence-corrected chi connectivity index (χ2v) is 6.48. The van der Waals surface area contributed by atoms with Crippen LogP contribution in [0.5, 0.6) is 17.2 Å². The summed E-state index contributed by atoms with van der Waals surface area (Å²) in [7, 11) is 5.45. The quantitative estimate of drug-likeness (QED) is 0.933. The van der Waals surface area contributed by atoms with Crippen LogP contribution in [0.2, 0.25) is 0 Å². The van der Waals surface area contributed by atoms with Crippen molar-refractivity contribution >= 4 is 0 Å². The average Bonchev–Trinajstić information content (AvgIpc) is 2.57. The molecular weight excluding hydrogens is 302 g/mol. The van der Waals surface area contributed by atoms with Crippen molar-refractivity contribution in [1.82, 2.24) is 4.90 Å². The third-order valence-corrected chi connectivity index (χ3v) is 4.95. The van der Waals surface area contributed by atoms with Crippen LogP contribution in [0.3, 0.4) is 0 Å². The number of benzene rings is 2. The maximum atomic E-state index is 10.0. The number of aryl methyl sites for hydroxylation is 1. The van der Waals surface area contributed by atoms with E-state index in [1.165, 1.54) is 11.1 Å². The van der Waals surface area contributed by atoms with Crippen molar-refractivity contribution in [1.29, 1.82) is 0 Å². The van der Waals surface area contributed by atoms with E-state index in [4.69, 9.17) is 9.47 Å². The molecule has 4 nitrogen and oxygen atoms in total. The van der Waals surface area contributed by atoms with Crippen LogP contribution in [-0.4, -0.2) is 37.8 Å². The Kier molecular flexibility index (Phi) is 4.67. The van der Waals surface area contributed by atoms with E-state index in [-0.39, 0.29) is 5.75 Å². The summed E-state index contributed by atoms with van der Waals surface area (Å²) in [6.45, 7) is 3.11. The second kappa shape index (κ2) is 6.73. The number of nitrogens with zero attached hydrogens (tertiary/aromatic N) is 1. The van der Waals surface area contributed by atoms with Gasteiger partial charge in [-0.25, -0.2) is 0 Å². The smallest absolute Gasteiger partial charge is 0.160 e. The number of ether oxygens (including phenoxy) is 2. The molecule has 128 valence electrons. The average molecular weight is 327 g/mol. The van der Waals surface area contributed by atoms with Crippen LogP contribution in [0.15, 0.2) is 30.3 Å². The van der Waals surface area contributed by atoms with Crippen LogP contribution in [0.25, 0.3) is 0 Å². The van der Waals surface area contributed by atoms with Crippen molar-refractivity contribution in [2.24, 2.45) is 0 Å². The van der Waals surface area contributed by atoms with Gasteiger partial charge in [0.2, 0.25) is 0 Å². The first-order chi connectivity index (χ1) is 11.5.